The van der Waals surface area contributed by atoms with Gasteiger partial charge in [-0.15, -0.1) is 11.3 Å². The first kappa shape index (κ1) is 14.4. The molecule has 0 fully saturated rings. The van der Waals surface area contributed by atoms with Gasteiger partial charge in [-0.25, -0.2) is 9.59 Å². The van der Waals surface area contributed by atoms with E-state index in [9.17, 15) is 9.59 Å². The lowest BCUT2D eigenvalue weighted by Gasteiger charge is -2.08. The standard InChI is InChI=1S/C13H11ClN2O3S/c14-9-4-8(12(17)18)5-10(6-9)16-13(19)15-7-11-2-1-3-20-11/h1-6H,7H2,(H,17,18)(H2,15,16,19). The molecule has 0 atom stereocenters. The van der Waals surface area contributed by atoms with Gasteiger partial charge in [0.05, 0.1) is 12.1 Å². The van der Waals surface area contributed by atoms with Crippen LogP contribution >= 0.6 is 22.9 Å². The number of nitrogens with one attached hydrogen (secondary N) is 2. The molecular formula is C13H11ClN2O3S. The monoisotopic (exact) mass is 310 g/mol. The minimum absolute atomic E-state index is 0.0195. The summed E-state index contributed by atoms with van der Waals surface area (Å²) in [7, 11) is 0. The van der Waals surface area contributed by atoms with Crippen molar-refractivity contribution in [1.29, 1.82) is 0 Å². The fourth-order valence-corrected chi connectivity index (χ4v) is 2.42. The number of rotatable bonds is 4. The van der Waals surface area contributed by atoms with Gasteiger partial charge in [0.15, 0.2) is 0 Å². The van der Waals surface area contributed by atoms with E-state index in [0.29, 0.717) is 12.2 Å². The van der Waals surface area contributed by atoms with Gasteiger partial charge >= 0.3 is 12.0 Å². The van der Waals surface area contributed by atoms with Gasteiger partial charge in [-0.3, -0.25) is 0 Å². The Kier molecular flexibility index (Phi) is 4.60. The summed E-state index contributed by atoms with van der Waals surface area (Å²) in [4.78, 5) is 23.6. The molecule has 20 heavy (non-hydrogen) atoms. The molecule has 2 amide bonds. The fraction of sp³-hybridized carbons (Fsp3) is 0.0769. The number of aromatic carboxylic acids is 1. The highest BCUT2D eigenvalue weighted by Crippen LogP contribution is 2.19. The van der Waals surface area contributed by atoms with Crippen LogP contribution in [-0.2, 0) is 6.54 Å². The number of hydrogen-bond acceptors (Lipinski definition) is 3. The average molecular weight is 311 g/mol. The Bertz CT molecular complexity index is 629. The molecule has 1 aromatic heterocycles. The molecule has 2 aromatic rings. The van der Waals surface area contributed by atoms with Gasteiger partial charge in [-0.1, -0.05) is 17.7 Å². The molecule has 0 spiro atoms. The van der Waals surface area contributed by atoms with Crippen molar-refractivity contribution in [3.63, 3.8) is 0 Å². The van der Waals surface area contributed by atoms with Gasteiger partial charge in [0.2, 0.25) is 0 Å². The number of thiophene rings is 1. The molecule has 3 N–H and O–H groups in total. The van der Waals surface area contributed by atoms with Crippen molar-refractivity contribution in [2.45, 2.75) is 6.54 Å². The molecule has 0 saturated heterocycles. The summed E-state index contributed by atoms with van der Waals surface area (Å²) in [5.41, 5.74) is 0.352. The van der Waals surface area contributed by atoms with Crippen LogP contribution in [0.4, 0.5) is 10.5 Å². The van der Waals surface area contributed by atoms with Crippen LogP contribution in [0.3, 0.4) is 0 Å². The summed E-state index contributed by atoms with van der Waals surface area (Å²) in [5, 5.41) is 16.3. The Hall–Kier alpha value is -2.05. The van der Waals surface area contributed by atoms with Crippen LogP contribution in [0.1, 0.15) is 15.2 Å². The maximum Gasteiger partial charge on any atom is 0.335 e. The summed E-state index contributed by atoms with van der Waals surface area (Å²) in [6, 6.07) is 7.54. The molecule has 0 unspecified atom stereocenters. The molecule has 0 aliphatic heterocycles. The van der Waals surface area contributed by atoms with Gasteiger partial charge in [-0.2, -0.15) is 0 Å². The second kappa shape index (κ2) is 6.40. The lowest BCUT2D eigenvalue weighted by Crippen LogP contribution is -2.27. The van der Waals surface area contributed by atoms with Gasteiger partial charge in [0.1, 0.15) is 0 Å². The number of anilines is 1. The Morgan fingerprint density at radius 3 is 2.75 bits per heavy atom. The quantitative estimate of drug-likeness (QED) is 0.809. The Balaban J connectivity index is 1.98. The highest BCUT2D eigenvalue weighted by Gasteiger charge is 2.08. The Morgan fingerprint density at radius 1 is 1.30 bits per heavy atom. The number of hydrogen-bond donors (Lipinski definition) is 3. The van der Waals surface area contributed by atoms with Crippen LogP contribution < -0.4 is 10.6 Å². The third-order valence-electron chi connectivity index (χ3n) is 2.41. The van der Waals surface area contributed by atoms with Gasteiger partial charge in [0, 0.05) is 15.6 Å². The van der Waals surface area contributed by atoms with E-state index in [0.717, 1.165) is 4.88 Å². The zero-order chi connectivity index (χ0) is 14.5. The predicted molar refractivity (Wildman–Crippen MR) is 78.6 cm³/mol. The zero-order valence-corrected chi connectivity index (χ0v) is 11.8. The predicted octanol–water partition coefficient (Wildman–Crippen LogP) is 3.42. The van der Waals surface area contributed by atoms with Crippen LogP contribution in [0.2, 0.25) is 5.02 Å². The second-order valence-corrected chi connectivity index (χ2v) is 5.39. The molecule has 0 bridgehead atoms. The van der Waals surface area contributed by atoms with Gasteiger partial charge < -0.3 is 15.7 Å². The maximum atomic E-state index is 11.7. The third kappa shape index (κ3) is 3.97. The summed E-state index contributed by atoms with van der Waals surface area (Å²) >= 11 is 7.34. The van der Waals surface area contributed by atoms with Crippen molar-refractivity contribution in [3.05, 3.63) is 51.2 Å². The minimum atomic E-state index is -1.10. The van der Waals surface area contributed by atoms with E-state index in [2.05, 4.69) is 10.6 Å². The number of halogens is 1. The SMILES string of the molecule is O=C(NCc1cccs1)Nc1cc(Cl)cc(C(=O)O)c1. The summed E-state index contributed by atoms with van der Waals surface area (Å²) in [5.74, 6) is -1.10. The number of amides is 2. The molecule has 0 saturated carbocycles. The average Bonchev–Trinajstić information content (AvgIpc) is 2.88. The van der Waals surface area contributed by atoms with Crippen LogP contribution in [0.15, 0.2) is 35.7 Å². The van der Waals surface area contributed by atoms with Crippen LogP contribution in [0, 0.1) is 0 Å². The van der Waals surface area contributed by atoms with Crippen LogP contribution in [0.25, 0.3) is 0 Å². The minimum Gasteiger partial charge on any atom is -0.478 e. The fourth-order valence-electron chi connectivity index (χ4n) is 1.54. The lowest BCUT2D eigenvalue weighted by atomic mass is 10.2. The van der Waals surface area contributed by atoms with Gasteiger partial charge in [0.25, 0.3) is 0 Å². The molecule has 0 radical (unpaired) electrons. The maximum absolute atomic E-state index is 11.7. The Morgan fingerprint density at radius 2 is 2.10 bits per heavy atom. The smallest absolute Gasteiger partial charge is 0.335 e. The zero-order valence-electron chi connectivity index (χ0n) is 10.2. The molecule has 2 rings (SSSR count). The lowest BCUT2D eigenvalue weighted by molar-refractivity contribution is 0.0697. The van der Waals surface area contributed by atoms with Crippen molar-refractivity contribution in [3.8, 4) is 0 Å². The number of carbonyl (C=O) groups is 2. The molecule has 0 aliphatic rings. The first-order valence-electron chi connectivity index (χ1n) is 5.66. The van der Waals surface area contributed by atoms with Crippen molar-refractivity contribution in [2.75, 3.05) is 5.32 Å². The summed E-state index contributed by atoms with van der Waals surface area (Å²) < 4.78 is 0. The Labute approximate surface area is 124 Å². The van der Waals surface area contributed by atoms with Crippen molar-refractivity contribution in [2.24, 2.45) is 0 Å². The van der Waals surface area contributed by atoms with Crippen LogP contribution in [-0.4, -0.2) is 17.1 Å². The van der Waals surface area contributed by atoms with Crippen molar-refractivity contribution in [1.82, 2.24) is 5.32 Å². The first-order valence-corrected chi connectivity index (χ1v) is 6.91. The second-order valence-electron chi connectivity index (χ2n) is 3.92. The van der Waals surface area contributed by atoms with Crippen LogP contribution in [0.5, 0.6) is 0 Å². The van der Waals surface area contributed by atoms with E-state index in [-0.39, 0.29) is 10.6 Å². The highest BCUT2D eigenvalue weighted by atomic mass is 35.5. The van der Waals surface area contributed by atoms with E-state index in [1.807, 2.05) is 17.5 Å². The molecule has 1 heterocycles. The number of carboxylic acids is 1. The largest absolute Gasteiger partial charge is 0.478 e. The van der Waals surface area contributed by atoms with E-state index < -0.39 is 12.0 Å². The van der Waals surface area contributed by atoms with E-state index in [1.54, 1.807) is 0 Å². The van der Waals surface area contributed by atoms with Gasteiger partial charge in [-0.05, 0) is 29.6 Å². The molecule has 1 aromatic carbocycles. The number of urea groups is 1. The first-order chi connectivity index (χ1) is 9.54. The molecule has 7 heteroatoms. The van der Waals surface area contributed by atoms with E-state index in [4.69, 9.17) is 16.7 Å². The van der Waals surface area contributed by atoms with E-state index >= 15 is 0 Å². The third-order valence-corrected chi connectivity index (χ3v) is 3.50. The highest BCUT2D eigenvalue weighted by molar-refractivity contribution is 7.09. The molecule has 104 valence electrons. The molecule has 5 nitrogen and oxygen atoms in total. The van der Waals surface area contributed by atoms with E-state index in [1.165, 1.54) is 29.5 Å². The summed E-state index contributed by atoms with van der Waals surface area (Å²) in [6.07, 6.45) is 0. The normalized spacial score (nSPS) is 10.1. The number of carbonyl (C=O) groups excluding carboxylic acids is 1. The number of benzene rings is 1. The molecule has 0 aliphatic carbocycles. The van der Waals surface area contributed by atoms with Crippen molar-refractivity contribution >= 4 is 40.6 Å². The number of carboxylic acid groups (broad SMARTS) is 1. The topological polar surface area (TPSA) is 78.4 Å². The summed E-state index contributed by atoms with van der Waals surface area (Å²) in [6.45, 7) is 0.413. The van der Waals surface area contributed by atoms with Crippen molar-refractivity contribution < 1.29 is 14.7 Å². The molecular weight excluding hydrogens is 300 g/mol.